The van der Waals surface area contributed by atoms with Crippen LogP contribution in [0.2, 0.25) is 5.02 Å². The molecule has 2 aromatic heterocycles. The van der Waals surface area contributed by atoms with Gasteiger partial charge in [-0.05, 0) is 32.3 Å². The highest BCUT2D eigenvalue weighted by Gasteiger charge is 2.11. The summed E-state index contributed by atoms with van der Waals surface area (Å²) in [4.78, 5) is 6.66. The second-order valence-corrected chi connectivity index (χ2v) is 5.48. The molecule has 0 atom stereocenters. The van der Waals surface area contributed by atoms with Crippen LogP contribution in [0.3, 0.4) is 0 Å². The second kappa shape index (κ2) is 5.27. The summed E-state index contributed by atoms with van der Waals surface area (Å²) in [6.45, 7) is 0.889. The van der Waals surface area contributed by atoms with Crippen LogP contribution in [0.1, 0.15) is 5.69 Å². The average molecular weight is 286 g/mol. The van der Waals surface area contributed by atoms with Crippen LogP contribution in [0.4, 0.5) is 0 Å². The van der Waals surface area contributed by atoms with Crippen molar-refractivity contribution in [3.8, 4) is 11.3 Å². The maximum atomic E-state index is 6.29. The van der Waals surface area contributed by atoms with Crippen LogP contribution in [-0.2, 0) is 6.54 Å². The summed E-state index contributed by atoms with van der Waals surface area (Å²) in [6.07, 6.45) is 3.82. The molecule has 0 fully saturated rings. The lowest BCUT2D eigenvalue weighted by atomic mass is 10.1. The zero-order valence-electron chi connectivity index (χ0n) is 11.5. The molecule has 2 heterocycles. The third-order valence-electron chi connectivity index (χ3n) is 3.27. The predicted octanol–water partition coefficient (Wildman–Crippen LogP) is 3.72. The number of benzene rings is 1. The van der Waals surface area contributed by atoms with E-state index < -0.39 is 0 Å². The quantitative estimate of drug-likeness (QED) is 0.731. The molecule has 0 saturated carbocycles. The molecular weight excluding hydrogens is 270 g/mol. The average Bonchev–Trinajstić information content (AvgIpc) is 2.82. The Labute approximate surface area is 123 Å². The molecule has 0 N–H and O–H groups in total. The highest BCUT2D eigenvalue weighted by molar-refractivity contribution is 6.33. The van der Waals surface area contributed by atoms with Crippen LogP contribution in [0, 0.1) is 0 Å². The molecule has 3 aromatic rings. The molecule has 3 rings (SSSR count). The first-order valence-electron chi connectivity index (χ1n) is 6.51. The summed E-state index contributed by atoms with van der Waals surface area (Å²) < 4.78 is 2.17. The fraction of sp³-hybridized carbons (Fsp3) is 0.188. The lowest BCUT2D eigenvalue weighted by molar-refractivity contribution is 0.395. The molecule has 0 radical (unpaired) electrons. The fourth-order valence-corrected chi connectivity index (χ4v) is 2.64. The van der Waals surface area contributed by atoms with E-state index >= 15 is 0 Å². The van der Waals surface area contributed by atoms with Gasteiger partial charge in [-0.15, -0.1) is 0 Å². The Morgan fingerprint density at radius 3 is 2.70 bits per heavy atom. The zero-order chi connectivity index (χ0) is 14.1. The number of aromatic nitrogens is 2. The smallest absolute Gasteiger partial charge is 0.0957 e. The van der Waals surface area contributed by atoms with Crippen LogP contribution in [0.15, 0.2) is 48.8 Å². The standard InChI is InChI=1S/C16H16ClN3/c1-19(2)11-12-7-8-15-16(18-9-10-20(12)15)13-5-3-4-6-14(13)17/h3-10H,11H2,1-2H3. The van der Waals surface area contributed by atoms with Gasteiger partial charge in [0.1, 0.15) is 0 Å². The minimum atomic E-state index is 0.725. The highest BCUT2D eigenvalue weighted by atomic mass is 35.5. The van der Waals surface area contributed by atoms with Gasteiger partial charge in [0, 0.05) is 30.2 Å². The molecule has 0 aliphatic carbocycles. The van der Waals surface area contributed by atoms with Crippen molar-refractivity contribution in [3.63, 3.8) is 0 Å². The maximum absolute atomic E-state index is 6.29. The molecule has 1 aromatic carbocycles. The Morgan fingerprint density at radius 2 is 1.95 bits per heavy atom. The molecule has 0 saturated heterocycles. The second-order valence-electron chi connectivity index (χ2n) is 5.07. The first kappa shape index (κ1) is 13.2. The molecule has 0 aliphatic rings. The normalized spacial score (nSPS) is 11.4. The Bertz CT molecular complexity index is 746. The van der Waals surface area contributed by atoms with Gasteiger partial charge < -0.3 is 9.30 Å². The Morgan fingerprint density at radius 1 is 1.15 bits per heavy atom. The Kier molecular flexibility index (Phi) is 3.47. The molecule has 0 amide bonds. The van der Waals surface area contributed by atoms with Gasteiger partial charge >= 0.3 is 0 Å². The van der Waals surface area contributed by atoms with E-state index in [1.165, 1.54) is 5.69 Å². The summed E-state index contributed by atoms with van der Waals surface area (Å²) in [7, 11) is 4.13. The monoisotopic (exact) mass is 285 g/mol. The molecule has 102 valence electrons. The summed E-state index contributed by atoms with van der Waals surface area (Å²) >= 11 is 6.29. The number of halogens is 1. The minimum absolute atomic E-state index is 0.725. The first-order chi connectivity index (χ1) is 9.66. The van der Waals surface area contributed by atoms with Crippen molar-refractivity contribution in [2.75, 3.05) is 14.1 Å². The van der Waals surface area contributed by atoms with Gasteiger partial charge in [0.25, 0.3) is 0 Å². The van der Waals surface area contributed by atoms with Crippen LogP contribution in [0.25, 0.3) is 16.8 Å². The highest BCUT2D eigenvalue weighted by Crippen LogP contribution is 2.29. The van der Waals surface area contributed by atoms with Crippen molar-refractivity contribution in [2.45, 2.75) is 6.54 Å². The van der Waals surface area contributed by atoms with Crippen molar-refractivity contribution < 1.29 is 0 Å². The van der Waals surface area contributed by atoms with Gasteiger partial charge in [-0.2, -0.15) is 0 Å². The Balaban J connectivity index is 2.18. The molecule has 3 nitrogen and oxygen atoms in total. The molecule has 0 spiro atoms. The summed E-state index contributed by atoms with van der Waals surface area (Å²) in [6, 6.07) is 12.1. The van der Waals surface area contributed by atoms with E-state index in [1.807, 2.05) is 36.7 Å². The number of nitrogens with zero attached hydrogens (tertiary/aromatic N) is 3. The van der Waals surface area contributed by atoms with E-state index in [0.717, 1.165) is 28.3 Å². The number of rotatable bonds is 3. The maximum Gasteiger partial charge on any atom is 0.0957 e. The SMILES string of the molecule is CN(C)Cc1ccc2c(-c3ccccc3Cl)nccn12. The topological polar surface area (TPSA) is 20.5 Å². The molecule has 0 bridgehead atoms. The summed E-state index contributed by atoms with van der Waals surface area (Å²) in [5.41, 5.74) is 4.20. The van der Waals surface area contributed by atoms with E-state index in [4.69, 9.17) is 11.6 Å². The Hall–Kier alpha value is -1.84. The molecule has 0 aliphatic heterocycles. The van der Waals surface area contributed by atoms with Crippen LogP contribution in [-0.4, -0.2) is 28.4 Å². The van der Waals surface area contributed by atoms with Crippen LogP contribution < -0.4 is 0 Å². The van der Waals surface area contributed by atoms with Gasteiger partial charge in [0.2, 0.25) is 0 Å². The van der Waals surface area contributed by atoms with E-state index in [0.29, 0.717) is 0 Å². The van der Waals surface area contributed by atoms with Gasteiger partial charge in [-0.1, -0.05) is 29.8 Å². The van der Waals surface area contributed by atoms with Crippen molar-refractivity contribution in [2.24, 2.45) is 0 Å². The van der Waals surface area contributed by atoms with Gasteiger partial charge in [0.05, 0.1) is 16.2 Å². The fourth-order valence-electron chi connectivity index (χ4n) is 2.41. The minimum Gasteiger partial charge on any atom is -0.316 e. The summed E-state index contributed by atoms with van der Waals surface area (Å²) in [5, 5.41) is 0.725. The summed E-state index contributed by atoms with van der Waals surface area (Å²) in [5.74, 6) is 0. The van der Waals surface area contributed by atoms with Crippen molar-refractivity contribution in [3.05, 3.63) is 59.5 Å². The van der Waals surface area contributed by atoms with Gasteiger partial charge in [0.15, 0.2) is 0 Å². The van der Waals surface area contributed by atoms with E-state index in [2.05, 4.69) is 40.5 Å². The van der Waals surface area contributed by atoms with E-state index in [-0.39, 0.29) is 0 Å². The molecular formula is C16H16ClN3. The van der Waals surface area contributed by atoms with E-state index in [1.54, 1.807) is 0 Å². The lowest BCUT2D eigenvalue weighted by Crippen LogP contribution is -2.12. The van der Waals surface area contributed by atoms with Gasteiger partial charge in [-0.3, -0.25) is 4.98 Å². The largest absolute Gasteiger partial charge is 0.316 e. The predicted molar refractivity (Wildman–Crippen MR) is 83.0 cm³/mol. The van der Waals surface area contributed by atoms with Crippen molar-refractivity contribution >= 4 is 17.1 Å². The van der Waals surface area contributed by atoms with E-state index in [9.17, 15) is 0 Å². The van der Waals surface area contributed by atoms with Gasteiger partial charge in [-0.25, -0.2) is 0 Å². The third kappa shape index (κ3) is 2.30. The number of fused-ring (bicyclic) bond motifs is 1. The van der Waals surface area contributed by atoms with Crippen LogP contribution >= 0.6 is 11.6 Å². The first-order valence-corrected chi connectivity index (χ1v) is 6.89. The third-order valence-corrected chi connectivity index (χ3v) is 3.60. The molecule has 4 heteroatoms. The number of hydrogen-bond donors (Lipinski definition) is 0. The molecule has 0 unspecified atom stereocenters. The van der Waals surface area contributed by atoms with Crippen LogP contribution in [0.5, 0.6) is 0 Å². The van der Waals surface area contributed by atoms with Crippen molar-refractivity contribution in [1.82, 2.24) is 14.3 Å². The molecule has 20 heavy (non-hydrogen) atoms. The zero-order valence-corrected chi connectivity index (χ0v) is 12.3. The lowest BCUT2D eigenvalue weighted by Gasteiger charge is -2.11. The number of hydrogen-bond acceptors (Lipinski definition) is 2. The van der Waals surface area contributed by atoms with Crippen molar-refractivity contribution in [1.29, 1.82) is 0 Å².